The Morgan fingerprint density at radius 1 is 1.09 bits per heavy atom. The van der Waals surface area contributed by atoms with Crippen molar-refractivity contribution in [3.8, 4) is 0 Å². The average molecular weight is 329 g/mol. The molecule has 2 rings (SSSR count). The normalized spacial score (nSPS) is 12.9. The van der Waals surface area contributed by atoms with Crippen LogP contribution < -0.4 is 5.73 Å². The Morgan fingerprint density at radius 3 is 2.30 bits per heavy atom. The molecule has 0 saturated heterocycles. The molecule has 2 aromatic carbocycles. The molecule has 0 aliphatic rings. The molecule has 23 heavy (non-hydrogen) atoms. The monoisotopic (exact) mass is 329 g/mol. The van der Waals surface area contributed by atoms with E-state index in [1.54, 1.807) is 55.5 Å². The maximum Gasteiger partial charge on any atom is 0.406 e. The first-order valence-corrected chi connectivity index (χ1v) is 7.57. The van der Waals surface area contributed by atoms with Gasteiger partial charge in [0, 0.05) is 21.6 Å². The molecule has 0 fully saturated rings. The number of primary amides is 1. The number of amides is 1. The lowest BCUT2D eigenvalue weighted by molar-refractivity contribution is 0.0928. The highest BCUT2D eigenvalue weighted by molar-refractivity contribution is 8.00. The summed E-state index contributed by atoms with van der Waals surface area (Å²) in [6.45, 7) is 1.67. The predicted molar refractivity (Wildman–Crippen MR) is 87.5 cm³/mol. The van der Waals surface area contributed by atoms with E-state index in [0.717, 1.165) is 11.2 Å². The van der Waals surface area contributed by atoms with Crippen molar-refractivity contribution in [2.45, 2.75) is 16.8 Å². The number of thioether (sulfide) groups is 1. The smallest absolute Gasteiger partial charge is 0.406 e. The van der Waals surface area contributed by atoms with E-state index in [-0.39, 0.29) is 0 Å². The standard InChI is InChI=1S/C17H15NO4S/c1-17(22-16(18)21,15-5-3-2-4-13(15)11-20)23-14-8-6-12(10-19)7-9-14/h2-11H,1H3,(H2,18,21). The lowest BCUT2D eigenvalue weighted by Gasteiger charge is -2.29. The van der Waals surface area contributed by atoms with Crippen LogP contribution in [-0.4, -0.2) is 18.7 Å². The molecule has 0 aliphatic heterocycles. The van der Waals surface area contributed by atoms with Gasteiger partial charge in [-0.05, 0) is 19.1 Å². The van der Waals surface area contributed by atoms with Crippen LogP contribution in [0.1, 0.15) is 33.2 Å². The Balaban J connectivity index is 2.43. The van der Waals surface area contributed by atoms with Gasteiger partial charge in [0.25, 0.3) is 0 Å². The molecule has 0 bridgehead atoms. The maximum absolute atomic E-state index is 11.3. The minimum absolute atomic E-state index is 0.410. The molecule has 118 valence electrons. The highest BCUT2D eigenvalue weighted by Gasteiger charge is 2.34. The molecule has 1 amide bonds. The zero-order valence-electron chi connectivity index (χ0n) is 12.4. The summed E-state index contributed by atoms with van der Waals surface area (Å²) in [7, 11) is 0. The first-order valence-electron chi connectivity index (χ1n) is 6.76. The van der Waals surface area contributed by atoms with Crippen molar-refractivity contribution >= 4 is 30.4 Å². The summed E-state index contributed by atoms with van der Waals surface area (Å²) in [5.41, 5.74) is 6.69. The van der Waals surface area contributed by atoms with E-state index >= 15 is 0 Å². The van der Waals surface area contributed by atoms with Gasteiger partial charge in [-0.15, -0.1) is 0 Å². The second kappa shape index (κ2) is 7.11. The summed E-state index contributed by atoms with van der Waals surface area (Å²) in [6, 6.07) is 13.6. The fourth-order valence-corrected chi connectivity index (χ4v) is 3.32. The highest BCUT2D eigenvalue weighted by Crippen LogP contribution is 2.43. The van der Waals surface area contributed by atoms with Gasteiger partial charge in [0.05, 0.1) is 0 Å². The Morgan fingerprint density at radius 2 is 1.74 bits per heavy atom. The fraction of sp³-hybridized carbons (Fsp3) is 0.118. The summed E-state index contributed by atoms with van der Waals surface area (Å²) < 4.78 is 5.30. The number of hydrogen-bond donors (Lipinski definition) is 1. The van der Waals surface area contributed by atoms with Crippen LogP contribution in [0.2, 0.25) is 0 Å². The summed E-state index contributed by atoms with van der Waals surface area (Å²) in [5, 5.41) is 0. The SMILES string of the molecule is CC(OC(N)=O)(Sc1ccc(C=O)cc1)c1ccccc1C=O. The largest absolute Gasteiger partial charge is 0.427 e. The van der Waals surface area contributed by atoms with Gasteiger partial charge in [0.1, 0.15) is 6.29 Å². The van der Waals surface area contributed by atoms with E-state index in [1.165, 1.54) is 11.8 Å². The van der Waals surface area contributed by atoms with Crippen molar-refractivity contribution in [1.82, 2.24) is 0 Å². The minimum atomic E-state index is -1.17. The van der Waals surface area contributed by atoms with E-state index in [2.05, 4.69) is 0 Å². The fourth-order valence-electron chi connectivity index (χ4n) is 2.18. The van der Waals surface area contributed by atoms with Gasteiger partial charge in [-0.2, -0.15) is 0 Å². The molecule has 2 aromatic rings. The molecule has 5 nitrogen and oxygen atoms in total. The molecular weight excluding hydrogens is 314 g/mol. The van der Waals surface area contributed by atoms with E-state index in [0.29, 0.717) is 23.0 Å². The van der Waals surface area contributed by atoms with Gasteiger partial charge in [-0.3, -0.25) is 9.59 Å². The van der Waals surface area contributed by atoms with Gasteiger partial charge in [0.15, 0.2) is 11.2 Å². The maximum atomic E-state index is 11.3. The van der Waals surface area contributed by atoms with Gasteiger partial charge in [-0.1, -0.05) is 48.2 Å². The molecule has 0 saturated carbocycles. The Labute approximate surface area is 137 Å². The third kappa shape index (κ3) is 3.98. The second-order valence-corrected chi connectivity index (χ2v) is 6.32. The topological polar surface area (TPSA) is 86.5 Å². The number of ether oxygens (including phenoxy) is 1. The van der Waals surface area contributed by atoms with Crippen molar-refractivity contribution < 1.29 is 19.1 Å². The summed E-state index contributed by atoms with van der Waals surface area (Å²) in [6.07, 6.45) is 0.508. The number of rotatable bonds is 6. The quantitative estimate of drug-likeness (QED) is 0.499. The van der Waals surface area contributed by atoms with Crippen molar-refractivity contribution in [2.75, 3.05) is 0 Å². The lowest BCUT2D eigenvalue weighted by Crippen LogP contribution is -2.30. The molecular formula is C17H15NO4S. The third-order valence-electron chi connectivity index (χ3n) is 3.20. The number of carbonyl (C=O) groups excluding carboxylic acids is 3. The average Bonchev–Trinajstić information content (AvgIpc) is 2.54. The molecule has 0 heterocycles. The minimum Gasteiger partial charge on any atom is -0.427 e. The van der Waals surface area contributed by atoms with E-state index in [9.17, 15) is 14.4 Å². The summed E-state index contributed by atoms with van der Waals surface area (Å²) in [5.74, 6) is 0. The van der Waals surface area contributed by atoms with Crippen LogP contribution in [0.4, 0.5) is 4.79 Å². The predicted octanol–water partition coefficient (Wildman–Crippen LogP) is 3.37. The van der Waals surface area contributed by atoms with Gasteiger partial charge in [-0.25, -0.2) is 4.79 Å². The van der Waals surface area contributed by atoms with Crippen molar-refractivity contribution in [1.29, 1.82) is 0 Å². The van der Waals surface area contributed by atoms with Crippen molar-refractivity contribution in [3.05, 3.63) is 65.2 Å². The molecule has 6 heteroatoms. The molecule has 0 aliphatic carbocycles. The van der Waals surface area contributed by atoms with Crippen LogP contribution in [0.3, 0.4) is 0 Å². The van der Waals surface area contributed by atoms with Crippen molar-refractivity contribution in [3.63, 3.8) is 0 Å². The third-order valence-corrected chi connectivity index (χ3v) is 4.40. The van der Waals surface area contributed by atoms with Crippen LogP contribution in [0.25, 0.3) is 0 Å². The molecule has 1 atom stereocenters. The van der Waals surface area contributed by atoms with E-state index in [1.807, 2.05) is 0 Å². The van der Waals surface area contributed by atoms with Crippen LogP contribution in [-0.2, 0) is 9.67 Å². The Kier molecular flexibility index (Phi) is 5.18. The van der Waals surface area contributed by atoms with Gasteiger partial charge in [0.2, 0.25) is 0 Å². The van der Waals surface area contributed by atoms with Crippen LogP contribution in [0, 0.1) is 0 Å². The second-order valence-electron chi connectivity index (χ2n) is 4.86. The molecule has 0 aromatic heterocycles. The number of carbonyl (C=O) groups is 3. The van der Waals surface area contributed by atoms with Crippen molar-refractivity contribution in [2.24, 2.45) is 5.73 Å². The van der Waals surface area contributed by atoms with Crippen LogP contribution in [0.15, 0.2) is 53.4 Å². The number of hydrogen-bond acceptors (Lipinski definition) is 5. The molecule has 2 N–H and O–H groups in total. The highest BCUT2D eigenvalue weighted by atomic mass is 32.2. The first kappa shape index (κ1) is 16.8. The number of nitrogens with two attached hydrogens (primary N) is 1. The Bertz CT molecular complexity index is 730. The van der Waals surface area contributed by atoms with E-state index in [4.69, 9.17) is 10.5 Å². The molecule has 1 unspecified atom stereocenters. The lowest BCUT2D eigenvalue weighted by atomic mass is 10.0. The van der Waals surface area contributed by atoms with Gasteiger partial charge >= 0.3 is 6.09 Å². The first-order chi connectivity index (χ1) is 11.0. The molecule has 0 spiro atoms. The van der Waals surface area contributed by atoms with Crippen LogP contribution >= 0.6 is 11.8 Å². The Hall–Kier alpha value is -2.60. The number of benzene rings is 2. The zero-order valence-corrected chi connectivity index (χ0v) is 13.2. The zero-order chi connectivity index (χ0) is 16.9. The summed E-state index contributed by atoms with van der Waals surface area (Å²) >= 11 is 1.22. The summed E-state index contributed by atoms with van der Waals surface area (Å²) in [4.78, 5) is 32.9. The van der Waals surface area contributed by atoms with E-state index < -0.39 is 11.0 Å². The van der Waals surface area contributed by atoms with Gasteiger partial charge < -0.3 is 10.5 Å². The molecule has 0 radical (unpaired) electrons. The van der Waals surface area contributed by atoms with Crippen LogP contribution in [0.5, 0.6) is 0 Å². The number of aldehydes is 2.